The molecule has 0 atom stereocenters. The average molecular weight is 354 g/mol. The number of unbranched alkanes of at least 4 members (excludes halogenated alkanes) is 1. The van der Waals surface area contributed by atoms with Gasteiger partial charge in [-0.05, 0) is 18.6 Å². The topological polar surface area (TPSA) is 58.6 Å². The number of hydrogen-bond acceptors (Lipinski definition) is 4. The molecule has 0 bridgehead atoms. The Morgan fingerprint density at radius 2 is 2.10 bits per heavy atom. The second-order valence-electron chi connectivity index (χ2n) is 4.39. The highest BCUT2D eigenvalue weighted by atomic mass is 79.9. The minimum absolute atomic E-state index is 0.0856. The fraction of sp³-hybridized carbons (Fsp3) is 0.357. The van der Waals surface area contributed by atoms with Crippen LogP contribution in [0.5, 0.6) is 0 Å². The lowest BCUT2D eigenvalue weighted by Gasteiger charge is -1.99. The molecule has 0 fully saturated rings. The highest BCUT2D eigenvalue weighted by Gasteiger charge is 2.09. The molecule has 1 aromatic carbocycles. The van der Waals surface area contributed by atoms with Crippen LogP contribution in [0.15, 0.2) is 33.9 Å². The van der Waals surface area contributed by atoms with Crippen molar-refractivity contribution < 1.29 is 4.79 Å². The molecule has 106 valence electrons. The van der Waals surface area contributed by atoms with E-state index in [1.54, 1.807) is 0 Å². The van der Waals surface area contributed by atoms with Crippen molar-refractivity contribution >= 4 is 33.5 Å². The number of nitrogens with one attached hydrogen (secondary N) is 1. The SMILES string of the molecule is CCCCc1nc(SCC(=O)c2ccc(Br)cc2)n[nH]1. The van der Waals surface area contributed by atoms with E-state index in [0.717, 1.165) is 29.6 Å². The van der Waals surface area contributed by atoms with Crippen molar-refractivity contribution in [1.82, 2.24) is 15.2 Å². The van der Waals surface area contributed by atoms with Crippen molar-refractivity contribution in [2.24, 2.45) is 0 Å². The third-order valence-corrected chi connectivity index (χ3v) is 4.15. The van der Waals surface area contributed by atoms with E-state index in [-0.39, 0.29) is 5.78 Å². The predicted molar refractivity (Wildman–Crippen MR) is 84.2 cm³/mol. The number of Topliss-reactive ketones (excluding diaryl/α,β-unsaturated/α-hetero) is 1. The number of hydrogen-bond donors (Lipinski definition) is 1. The summed E-state index contributed by atoms with van der Waals surface area (Å²) in [6.07, 6.45) is 3.13. The summed E-state index contributed by atoms with van der Waals surface area (Å²) in [5.41, 5.74) is 0.711. The zero-order valence-corrected chi connectivity index (χ0v) is 13.6. The largest absolute Gasteiger partial charge is 0.293 e. The van der Waals surface area contributed by atoms with Gasteiger partial charge in [0.15, 0.2) is 5.78 Å². The second kappa shape index (κ2) is 7.59. The highest BCUT2D eigenvalue weighted by Crippen LogP contribution is 2.17. The van der Waals surface area contributed by atoms with Gasteiger partial charge >= 0.3 is 0 Å². The molecule has 0 unspecified atom stereocenters. The number of thioether (sulfide) groups is 1. The number of aromatic nitrogens is 3. The average Bonchev–Trinajstić information content (AvgIpc) is 2.91. The Balaban J connectivity index is 1.86. The number of benzene rings is 1. The Bertz CT molecular complexity index is 568. The zero-order valence-electron chi connectivity index (χ0n) is 11.2. The van der Waals surface area contributed by atoms with Gasteiger partial charge in [0.05, 0.1) is 5.75 Å². The van der Waals surface area contributed by atoms with E-state index in [9.17, 15) is 4.79 Å². The molecule has 1 aromatic heterocycles. The molecule has 0 aliphatic carbocycles. The van der Waals surface area contributed by atoms with Crippen LogP contribution >= 0.6 is 27.7 Å². The maximum atomic E-state index is 12.0. The third kappa shape index (κ3) is 4.45. The Labute approximate surface area is 130 Å². The lowest BCUT2D eigenvalue weighted by molar-refractivity contribution is 0.102. The minimum Gasteiger partial charge on any atom is -0.293 e. The summed E-state index contributed by atoms with van der Waals surface area (Å²) >= 11 is 4.72. The summed E-state index contributed by atoms with van der Waals surface area (Å²) in [5, 5.41) is 7.67. The maximum absolute atomic E-state index is 12.0. The predicted octanol–water partition coefficient (Wildman–Crippen LogP) is 3.88. The smallest absolute Gasteiger partial charge is 0.208 e. The van der Waals surface area contributed by atoms with E-state index >= 15 is 0 Å². The lowest BCUT2D eigenvalue weighted by atomic mass is 10.2. The molecule has 1 N–H and O–H groups in total. The second-order valence-corrected chi connectivity index (χ2v) is 6.25. The molecule has 2 aromatic rings. The van der Waals surface area contributed by atoms with Crippen LogP contribution in [0.3, 0.4) is 0 Å². The number of carbonyl (C=O) groups is 1. The first-order valence-corrected chi connectivity index (χ1v) is 8.29. The summed E-state index contributed by atoms with van der Waals surface area (Å²) in [5.74, 6) is 1.33. The number of carbonyl (C=O) groups excluding carboxylic acids is 1. The standard InChI is InChI=1S/C14H16BrN3OS/c1-2-3-4-13-16-14(18-17-13)20-9-12(19)10-5-7-11(15)8-6-10/h5-8H,2-4,9H2,1H3,(H,16,17,18). The normalized spacial score (nSPS) is 10.7. The molecular weight excluding hydrogens is 338 g/mol. The van der Waals surface area contributed by atoms with Crippen LogP contribution in [0.25, 0.3) is 0 Å². The monoisotopic (exact) mass is 353 g/mol. The first kappa shape index (κ1) is 15.3. The van der Waals surface area contributed by atoms with Crippen LogP contribution in [-0.4, -0.2) is 26.7 Å². The van der Waals surface area contributed by atoms with Gasteiger partial charge in [0.2, 0.25) is 5.16 Å². The molecule has 0 radical (unpaired) electrons. The van der Waals surface area contributed by atoms with E-state index in [1.165, 1.54) is 11.8 Å². The van der Waals surface area contributed by atoms with Crippen LogP contribution in [0, 0.1) is 0 Å². The molecule has 1 heterocycles. The Morgan fingerprint density at radius 3 is 2.80 bits per heavy atom. The summed E-state index contributed by atoms with van der Waals surface area (Å²) in [7, 11) is 0. The van der Waals surface area contributed by atoms with E-state index in [2.05, 4.69) is 38.0 Å². The van der Waals surface area contributed by atoms with Gasteiger partial charge in [0, 0.05) is 16.5 Å². The van der Waals surface area contributed by atoms with Crippen LogP contribution in [0.2, 0.25) is 0 Å². The molecule has 4 nitrogen and oxygen atoms in total. The van der Waals surface area contributed by atoms with Crippen molar-refractivity contribution in [2.75, 3.05) is 5.75 Å². The van der Waals surface area contributed by atoms with Gasteiger partial charge in [-0.1, -0.05) is 53.2 Å². The Morgan fingerprint density at radius 1 is 1.35 bits per heavy atom. The molecule has 0 saturated heterocycles. The van der Waals surface area contributed by atoms with Crippen molar-refractivity contribution in [3.05, 3.63) is 40.1 Å². The molecule has 0 amide bonds. The number of nitrogens with zero attached hydrogens (tertiary/aromatic N) is 2. The Hall–Kier alpha value is -1.14. The molecule has 0 aliphatic heterocycles. The molecule has 20 heavy (non-hydrogen) atoms. The van der Waals surface area contributed by atoms with Crippen molar-refractivity contribution in [3.63, 3.8) is 0 Å². The van der Waals surface area contributed by atoms with Crippen molar-refractivity contribution in [3.8, 4) is 0 Å². The summed E-state index contributed by atoms with van der Waals surface area (Å²) < 4.78 is 0.969. The summed E-state index contributed by atoms with van der Waals surface area (Å²) in [6.45, 7) is 2.14. The highest BCUT2D eigenvalue weighted by molar-refractivity contribution is 9.10. The molecular formula is C14H16BrN3OS. The molecule has 2 rings (SSSR count). The first-order valence-electron chi connectivity index (χ1n) is 6.52. The van der Waals surface area contributed by atoms with Crippen LogP contribution in [0.4, 0.5) is 0 Å². The van der Waals surface area contributed by atoms with E-state index in [4.69, 9.17) is 0 Å². The zero-order chi connectivity index (χ0) is 14.4. The Kier molecular flexibility index (Phi) is 5.79. The number of ketones is 1. The van der Waals surface area contributed by atoms with E-state index < -0.39 is 0 Å². The molecule has 6 heteroatoms. The number of halogens is 1. The van der Waals surface area contributed by atoms with Crippen LogP contribution < -0.4 is 0 Å². The maximum Gasteiger partial charge on any atom is 0.208 e. The van der Waals surface area contributed by atoms with Gasteiger partial charge in [0.1, 0.15) is 5.82 Å². The summed E-state index contributed by atoms with van der Waals surface area (Å²) in [6, 6.07) is 7.37. The number of aryl methyl sites for hydroxylation is 1. The number of rotatable bonds is 7. The number of aromatic amines is 1. The van der Waals surface area contributed by atoms with Gasteiger partial charge < -0.3 is 0 Å². The fourth-order valence-electron chi connectivity index (χ4n) is 1.65. The van der Waals surface area contributed by atoms with E-state index in [1.807, 2.05) is 24.3 Å². The fourth-order valence-corrected chi connectivity index (χ4v) is 2.62. The third-order valence-electron chi connectivity index (χ3n) is 2.78. The van der Waals surface area contributed by atoms with Gasteiger partial charge in [-0.15, -0.1) is 5.10 Å². The summed E-state index contributed by atoms with van der Waals surface area (Å²) in [4.78, 5) is 16.4. The lowest BCUT2D eigenvalue weighted by Crippen LogP contribution is -2.02. The van der Waals surface area contributed by atoms with Gasteiger partial charge in [-0.2, -0.15) is 0 Å². The molecule has 0 saturated carbocycles. The minimum atomic E-state index is 0.0856. The van der Waals surface area contributed by atoms with E-state index in [0.29, 0.717) is 16.5 Å². The molecule has 0 aliphatic rings. The van der Waals surface area contributed by atoms with Crippen molar-refractivity contribution in [2.45, 2.75) is 31.3 Å². The van der Waals surface area contributed by atoms with Crippen LogP contribution in [0.1, 0.15) is 35.9 Å². The van der Waals surface area contributed by atoms with Crippen molar-refractivity contribution in [1.29, 1.82) is 0 Å². The first-order chi connectivity index (χ1) is 9.69. The van der Waals surface area contributed by atoms with Gasteiger partial charge in [-0.25, -0.2) is 4.98 Å². The molecule has 0 spiro atoms. The van der Waals surface area contributed by atoms with Crippen LogP contribution in [-0.2, 0) is 6.42 Å². The van der Waals surface area contributed by atoms with Gasteiger partial charge in [-0.3, -0.25) is 9.89 Å². The quantitative estimate of drug-likeness (QED) is 0.605. The van der Waals surface area contributed by atoms with Gasteiger partial charge in [0.25, 0.3) is 0 Å². The number of H-pyrrole nitrogens is 1.